The second kappa shape index (κ2) is 6.85. The maximum absolute atomic E-state index is 12.6. The van der Waals surface area contributed by atoms with Crippen molar-refractivity contribution in [2.45, 2.75) is 24.7 Å². The molecule has 8 heteroatoms. The number of halogens is 1. The number of nitrogens with one attached hydrogen (secondary N) is 1. The maximum atomic E-state index is 12.6. The Morgan fingerprint density at radius 2 is 1.84 bits per heavy atom. The number of rotatable bonds is 5. The zero-order valence-electron chi connectivity index (χ0n) is 13.7. The fourth-order valence-corrected chi connectivity index (χ4v) is 3.66. The highest BCUT2D eigenvalue weighted by atomic mass is 35.5. The molecule has 0 radical (unpaired) electrons. The van der Waals surface area contributed by atoms with E-state index in [9.17, 15) is 8.42 Å². The molecule has 0 bridgehead atoms. The minimum atomic E-state index is -3.73. The number of hydrogen-bond acceptors (Lipinski definition) is 4. The summed E-state index contributed by atoms with van der Waals surface area (Å²) in [5.74, 6) is 0.160. The quantitative estimate of drug-likeness (QED) is 0.733. The predicted octanol–water partition coefficient (Wildman–Crippen LogP) is 3.84. The molecular formula is C17H17ClN4O2S. The van der Waals surface area contributed by atoms with Gasteiger partial charge in [0.1, 0.15) is 0 Å². The third-order valence-electron chi connectivity index (χ3n) is 3.65. The summed E-state index contributed by atoms with van der Waals surface area (Å²) in [6.07, 6.45) is 1.65. The van der Waals surface area contributed by atoms with Crippen molar-refractivity contribution < 1.29 is 8.42 Å². The second-order valence-electron chi connectivity index (χ2n) is 5.81. The lowest BCUT2D eigenvalue weighted by Gasteiger charge is -2.15. The smallest absolute Gasteiger partial charge is 0.261 e. The summed E-state index contributed by atoms with van der Waals surface area (Å²) in [4.78, 5) is 0.179. The van der Waals surface area contributed by atoms with Gasteiger partial charge in [-0.25, -0.2) is 13.1 Å². The van der Waals surface area contributed by atoms with Gasteiger partial charge in [0.25, 0.3) is 10.0 Å². The number of nitrogens with zero attached hydrogens (tertiary/aromatic N) is 3. The highest BCUT2D eigenvalue weighted by Crippen LogP contribution is 2.28. The van der Waals surface area contributed by atoms with Gasteiger partial charge in [0.2, 0.25) is 0 Å². The van der Waals surface area contributed by atoms with Crippen LogP contribution in [-0.4, -0.2) is 23.4 Å². The van der Waals surface area contributed by atoms with Crippen LogP contribution in [0.2, 0.25) is 5.02 Å². The Balaban J connectivity index is 2.08. The topological polar surface area (TPSA) is 76.9 Å². The van der Waals surface area contributed by atoms with Gasteiger partial charge >= 0.3 is 0 Å². The van der Waals surface area contributed by atoms with Gasteiger partial charge in [-0.1, -0.05) is 48.9 Å². The maximum Gasteiger partial charge on any atom is 0.261 e. The monoisotopic (exact) mass is 376 g/mol. The van der Waals surface area contributed by atoms with Crippen molar-refractivity contribution in [1.82, 2.24) is 15.0 Å². The zero-order chi connectivity index (χ0) is 18.0. The zero-order valence-corrected chi connectivity index (χ0v) is 15.3. The van der Waals surface area contributed by atoms with E-state index < -0.39 is 10.0 Å². The van der Waals surface area contributed by atoms with E-state index in [0.29, 0.717) is 16.4 Å². The van der Waals surface area contributed by atoms with Crippen LogP contribution in [0.5, 0.6) is 0 Å². The minimum absolute atomic E-state index is 0.160. The molecule has 25 heavy (non-hydrogen) atoms. The van der Waals surface area contributed by atoms with E-state index in [-0.39, 0.29) is 10.8 Å². The van der Waals surface area contributed by atoms with Crippen molar-refractivity contribution >= 4 is 27.3 Å². The molecule has 1 aromatic heterocycles. The van der Waals surface area contributed by atoms with Crippen LogP contribution >= 0.6 is 11.6 Å². The third kappa shape index (κ3) is 3.67. The van der Waals surface area contributed by atoms with Crippen molar-refractivity contribution in [1.29, 1.82) is 0 Å². The summed E-state index contributed by atoms with van der Waals surface area (Å²) in [5.41, 5.74) is 1.75. The van der Waals surface area contributed by atoms with Crippen molar-refractivity contribution in [2.75, 3.05) is 4.72 Å². The molecule has 130 valence electrons. The lowest BCUT2D eigenvalue weighted by Crippen LogP contribution is -2.15. The molecule has 1 heterocycles. The van der Waals surface area contributed by atoms with Crippen LogP contribution in [0.25, 0.3) is 5.69 Å². The summed E-state index contributed by atoms with van der Waals surface area (Å²) >= 11 is 6.12. The fourth-order valence-electron chi connectivity index (χ4n) is 2.39. The van der Waals surface area contributed by atoms with Crippen LogP contribution in [0, 0.1) is 0 Å². The molecule has 0 amide bonds. The Labute approximate surface area is 151 Å². The molecule has 0 spiro atoms. The Bertz CT molecular complexity index is 985. The number of anilines is 1. The van der Waals surface area contributed by atoms with Gasteiger partial charge in [0.05, 0.1) is 28.2 Å². The van der Waals surface area contributed by atoms with Crippen molar-refractivity contribution in [3.63, 3.8) is 0 Å². The van der Waals surface area contributed by atoms with E-state index in [0.717, 1.165) is 5.69 Å². The van der Waals surface area contributed by atoms with E-state index in [2.05, 4.69) is 15.0 Å². The highest BCUT2D eigenvalue weighted by molar-refractivity contribution is 7.92. The number of sulfonamides is 1. The summed E-state index contributed by atoms with van der Waals surface area (Å²) in [6.45, 7) is 4.01. The molecule has 6 nitrogen and oxygen atoms in total. The van der Waals surface area contributed by atoms with Crippen LogP contribution in [0.1, 0.15) is 25.5 Å². The van der Waals surface area contributed by atoms with E-state index >= 15 is 0 Å². The SMILES string of the molecule is CC(C)c1cnnn1-c1cc(Cl)ccc1NS(=O)(=O)c1ccccc1. The lowest BCUT2D eigenvalue weighted by atomic mass is 10.1. The number of hydrogen-bond donors (Lipinski definition) is 1. The highest BCUT2D eigenvalue weighted by Gasteiger charge is 2.19. The first-order valence-corrected chi connectivity index (χ1v) is 9.53. The first-order valence-electron chi connectivity index (χ1n) is 7.67. The fraction of sp³-hybridized carbons (Fsp3) is 0.176. The molecule has 3 rings (SSSR count). The van der Waals surface area contributed by atoms with Crippen LogP contribution in [0.15, 0.2) is 59.6 Å². The van der Waals surface area contributed by atoms with Gasteiger partial charge in [-0.3, -0.25) is 4.72 Å². The van der Waals surface area contributed by atoms with Gasteiger partial charge in [0, 0.05) is 5.02 Å². The molecule has 0 atom stereocenters. The van der Waals surface area contributed by atoms with Crippen LogP contribution in [-0.2, 0) is 10.0 Å². The van der Waals surface area contributed by atoms with Crippen LogP contribution in [0.4, 0.5) is 5.69 Å². The molecule has 0 unspecified atom stereocenters. The molecule has 3 aromatic rings. The molecule has 0 fully saturated rings. The lowest BCUT2D eigenvalue weighted by molar-refractivity contribution is 0.601. The molecule has 0 aliphatic heterocycles. The third-order valence-corrected chi connectivity index (χ3v) is 5.27. The van der Waals surface area contributed by atoms with Crippen molar-refractivity contribution in [3.05, 3.63) is 65.4 Å². The molecule has 0 aliphatic carbocycles. The average Bonchev–Trinajstić information content (AvgIpc) is 3.07. The molecule has 2 aromatic carbocycles. The summed E-state index contributed by atoms with van der Waals surface area (Å²) < 4.78 is 29.5. The predicted molar refractivity (Wildman–Crippen MR) is 97.7 cm³/mol. The number of benzene rings is 2. The average molecular weight is 377 g/mol. The summed E-state index contributed by atoms with van der Waals surface area (Å²) in [6, 6.07) is 13.1. The van der Waals surface area contributed by atoms with Gasteiger partial charge in [-0.2, -0.15) is 0 Å². The van der Waals surface area contributed by atoms with Crippen molar-refractivity contribution in [2.24, 2.45) is 0 Å². The Kier molecular flexibility index (Phi) is 4.78. The van der Waals surface area contributed by atoms with Gasteiger partial charge < -0.3 is 0 Å². The van der Waals surface area contributed by atoms with Crippen molar-refractivity contribution in [3.8, 4) is 5.69 Å². The Morgan fingerprint density at radius 3 is 2.52 bits per heavy atom. The van der Waals surface area contributed by atoms with Gasteiger partial charge in [-0.05, 0) is 36.2 Å². The first kappa shape index (κ1) is 17.4. The molecule has 0 saturated carbocycles. The Morgan fingerprint density at radius 1 is 1.12 bits per heavy atom. The van der Waals surface area contributed by atoms with E-state index in [1.165, 1.54) is 12.1 Å². The van der Waals surface area contributed by atoms with Crippen LogP contribution < -0.4 is 4.72 Å². The molecular weight excluding hydrogens is 360 g/mol. The van der Waals surface area contributed by atoms with Crippen LogP contribution in [0.3, 0.4) is 0 Å². The molecule has 0 aliphatic rings. The van der Waals surface area contributed by atoms with E-state index in [4.69, 9.17) is 11.6 Å². The summed E-state index contributed by atoms with van der Waals surface area (Å²) in [7, 11) is -3.73. The minimum Gasteiger partial charge on any atom is -0.277 e. The van der Waals surface area contributed by atoms with Gasteiger partial charge in [0.15, 0.2) is 0 Å². The molecule has 0 saturated heterocycles. The largest absolute Gasteiger partial charge is 0.277 e. The Hall–Kier alpha value is -2.38. The molecule has 1 N–H and O–H groups in total. The standard InChI is InChI=1S/C17H17ClN4O2S/c1-12(2)17-11-19-21-22(17)16-10-13(18)8-9-15(16)20-25(23,24)14-6-4-3-5-7-14/h3-12,20H,1-2H3. The second-order valence-corrected chi connectivity index (χ2v) is 7.92. The van der Waals surface area contributed by atoms with Gasteiger partial charge in [-0.15, -0.1) is 5.10 Å². The first-order chi connectivity index (χ1) is 11.9. The van der Waals surface area contributed by atoms with E-state index in [1.807, 2.05) is 13.8 Å². The summed E-state index contributed by atoms with van der Waals surface area (Å²) in [5, 5.41) is 8.50. The normalized spacial score (nSPS) is 11.7. The number of aromatic nitrogens is 3. The van der Waals surface area contributed by atoms with E-state index in [1.54, 1.807) is 47.3 Å².